The molecule has 1 amide bonds. The van der Waals surface area contributed by atoms with Crippen molar-refractivity contribution in [2.45, 2.75) is 71.0 Å². The van der Waals surface area contributed by atoms with E-state index in [9.17, 15) is 18.0 Å². The Kier molecular flexibility index (Phi) is 8.17. The van der Waals surface area contributed by atoms with E-state index in [1.54, 1.807) is 6.20 Å². The van der Waals surface area contributed by atoms with Gasteiger partial charge in [-0.3, -0.25) is 14.8 Å². The van der Waals surface area contributed by atoms with Gasteiger partial charge in [0.25, 0.3) is 0 Å². The smallest absolute Gasteiger partial charge is 0.422 e. The quantitative estimate of drug-likeness (QED) is 0.199. The monoisotopic (exact) mass is 728 g/mol. The standard InChI is InChI=1S/C40H47F3N8O2/c1-5-32(52)51-20-39(21-51)9-12-48(13-10-39)37-29-15-28(26-6-7-26)34(33-25(4)24(3)14-31-30(33)16-44-47-31)36(53-22-40(41,42)43)35(29)45-38(46-37)50-18-27(19-50)49-11-8-23(2)17-49/h5,14-16,23,26-27H,1,6-13,17-22H2,2-4H3,(H,44,47)/t23-/m0/s1. The molecule has 0 unspecified atom stereocenters. The number of carbonyl (C=O) groups excluding carboxylic acids is 1. The molecule has 0 radical (unpaired) electrons. The molecule has 280 valence electrons. The number of anilines is 2. The highest BCUT2D eigenvalue weighted by atomic mass is 19.4. The number of benzene rings is 2. The first-order valence-electron chi connectivity index (χ1n) is 19.1. The molecule has 53 heavy (non-hydrogen) atoms. The molecular weight excluding hydrogens is 681 g/mol. The number of piperidine rings is 1. The zero-order valence-corrected chi connectivity index (χ0v) is 30.7. The number of rotatable bonds is 8. The summed E-state index contributed by atoms with van der Waals surface area (Å²) in [6.07, 6.45) is 3.45. The first kappa shape index (κ1) is 34.4. The van der Waals surface area contributed by atoms with Gasteiger partial charge in [0.2, 0.25) is 11.9 Å². The minimum atomic E-state index is -4.55. The summed E-state index contributed by atoms with van der Waals surface area (Å²) in [6.45, 7) is 15.1. The number of alkyl halides is 3. The molecule has 13 heteroatoms. The first-order chi connectivity index (χ1) is 25.4. The van der Waals surface area contributed by atoms with E-state index in [2.05, 4.69) is 44.5 Å². The van der Waals surface area contributed by atoms with Crippen LogP contribution in [0.2, 0.25) is 0 Å². The highest BCUT2D eigenvalue weighted by Crippen LogP contribution is 2.54. The molecule has 1 atom stereocenters. The lowest BCUT2D eigenvalue weighted by atomic mass is 9.72. The normalized spacial score (nSPS) is 22.2. The lowest BCUT2D eigenvalue weighted by molar-refractivity contribution is -0.153. The van der Waals surface area contributed by atoms with Gasteiger partial charge in [-0.05, 0) is 105 Å². The number of nitrogens with zero attached hydrogens (tertiary/aromatic N) is 7. The molecule has 5 aliphatic rings. The van der Waals surface area contributed by atoms with Gasteiger partial charge in [-0.25, -0.2) is 4.98 Å². The Bertz CT molecular complexity index is 2100. The van der Waals surface area contributed by atoms with E-state index in [0.29, 0.717) is 42.1 Å². The molecule has 1 N–H and O–H groups in total. The number of nitrogens with one attached hydrogen (secondary N) is 1. The van der Waals surface area contributed by atoms with Crippen molar-refractivity contribution in [1.82, 2.24) is 30.0 Å². The van der Waals surface area contributed by atoms with Crippen LogP contribution in [-0.2, 0) is 4.79 Å². The molecule has 9 rings (SSSR count). The van der Waals surface area contributed by atoms with Crippen molar-refractivity contribution in [2.75, 3.05) is 68.8 Å². The predicted molar refractivity (Wildman–Crippen MR) is 200 cm³/mol. The number of aromatic amines is 1. The van der Waals surface area contributed by atoms with Crippen molar-refractivity contribution < 1.29 is 22.7 Å². The minimum absolute atomic E-state index is 0.0351. The van der Waals surface area contributed by atoms with Crippen LogP contribution in [0, 0.1) is 25.2 Å². The van der Waals surface area contributed by atoms with Crippen LogP contribution in [-0.4, -0.2) is 107 Å². The summed E-state index contributed by atoms with van der Waals surface area (Å²) in [5.74, 6) is 2.26. The number of amides is 1. The lowest BCUT2D eigenvalue weighted by Crippen LogP contribution is -2.61. The first-order valence-corrected chi connectivity index (χ1v) is 19.1. The Balaban J connectivity index is 1.20. The number of hydrogen-bond acceptors (Lipinski definition) is 8. The Hall–Kier alpha value is -4.39. The maximum Gasteiger partial charge on any atom is 0.422 e. The van der Waals surface area contributed by atoms with Crippen LogP contribution in [0.25, 0.3) is 32.9 Å². The number of aromatic nitrogens is 4. The molecule has 1 aliphatic carbocycles. The molecule has 5 fully saturated rings. The van der Waals surface area contributed by atoms with Crippen LogP contribution in [0.1, 0.15) is 61.6 Å². The maximum absolute atomic E-state index is 14.1. The summed E-state index contributed by atoms with van der Waals surface area (Å²) < 4.78 is 48.4. The van der Waals surface area contributed by atoms with E-state index in [-0.39, 0.29) is 23.0 Å². The number of fused-ring (bicyclic) bond motifs is 2. The number of aryl methyl sites for hydroxylation is 1. The summed E-state index contributed by atoms with van der Waals surface area (Å²) in [5.41, 5.74) is 5.78. The second kappa shape index (κ2) is 12.6. The zero-order chi connectivity index (χ0) is 36.8. The van der Waals surface area contributed by atoms with Crippen molar-refractivity contribution in [3.8, 4) is 16.9 Å². The van der Waals surface area contributed by atoms with E-state index in [1.807, 2.05) is 24.8 Å². The van der Waals surface area contributed by atoms with Crippen LogP contribution in [0.15, 0.2) is 31.0 Å². The van der Waals surface area contributed by atoms with E-state index >= 15 is 0 Å². The molecular formula is C40H47F3N8O2. The zero-order valence-electron chi connectivity index (χ0n) is 30.7. The highest BCUT2D eigenvalue weighted by Gasteiger charge is 2.47. The Morgan fingerprint density at radius 2 is 1.77 bits per heavy atom. The van der Waals surface area contributed by atoms with Gasteiger partial charge < -0.3 is 19.4 Å². The molecule has 2 aromatic heterocycles. The van der Waals surface area contributed by atoms with Crippen molar-refractivity contribution in [2.24, 2.45) is 11.3 Å². The van der Waals surface area contributed by atoms with Gasteiger partial charge in [-0.1, -0.05) is 13.5 Å². The molecule has 0 bridgehead atoms. The van der Waals surface area contributed by atoms with E-state index in [0.717, 1.165) is 109 Å². The SMILES string of the molecule is C=CC(=O)N1CC2(CCN(c3nc(N4CC(N5CC[C@H](C)C5)C4)nc4c(OCC(F)(F)F)c(-c5c(C)c(C)cc6[nH]ncc56)c(C5CC5)cc34)CC2)C1. The van der Waals surface area contributed by atoms with Gasteiger partial charge in [0.1, 0.15) is 11.3 Å². The second-order valence-corrected chi connectivity index (χ2v) is 16.4. The average Bonchev–Trinajstić information content (AvgIpc) is 3.70. The summed E-state index contributed by atoms with van der Waals surface area (Å²) in [7, 11) is 0. The lowest BCUT2D eigenvalue weighted by Gasteiger charge is -2.54. The van der Waals surface area contributed by atoms with Gasteiger partial charge in [-0.15, -0.1) is 0 Å². The van der Waals surface area contributed by atoms with Gasteiger partial charge in [0.05, 0.1) is 11.7 Å². The third-order valence-corrected chi connectivity index (χ3v) is 12.6. The molecule has 1 saturated carbocycles. The fraction of sp³-hybridized carbons (Fsp3) is 0.550. The Labute approximate surface area is 307 Å². The number of likely N-dealkylation sites (tertiary alicyclic amines) is 2. The summed E-state index contributed by atoms with van der Waals surface area (Å²) in [4.78, 5) is 31.5. The minimum Gasteiger partial charge on any atom is -0.481 e. The second-order valence-electron chi connectivity index (χ2n) is 16.4. The van der Waals surface area contributed by atoms with Crippen molar-refractivity contribution >= 4 is 39.5 Å². The molecule has 4 saturated heterocycles. The maximum atomic E-state index is 14.1. The van der Waals surface area contributed by atoms with Gasteiger partial charge in [0, 0.05) is 73.6 Å². The fourth-order valence-electron chi connectivity index (χ4n) is 9.24. The molecule has 4 aliphatic heterocycles. The molecule has 1 spiro atoms. The molecule has 2 aromatic carbocycles. The fourth-order valence-corrected chi connectivity index (χ4v) is 9.24. The number of halogens is 3. The van der Waals surface area contributed by atoms with E-state index in [4.69, 9.17) is 14.7 Å². The van der Waals surface area contributed by atoms with Crippen LogP contribution in [0.4, 0.5) is 24.9 Å². The largest absolute Gasteiger partial charge is 0.481 e. The summed E-state index contributed by atoms with van der Waals surface area (Å²) >= 11 is 0. The predicted octanol–water partition coefficient (Wildman–Crippen LogP) is 6.75. The Morgan fingerprint density at radius 3 is 2.43 bits per heavy atom. The number of carbonyl (C=O) groups is 1. The van der Waals surface area contributed by atoms with Gasteiger partial charge in [-0.2, -0.15) is 23.3 Å². The number of hydrogen-bond donors (Lipinski definition) is 1. The van der Waals surface area contributed by atoms with Gasteiger partial charge in [0.15, 0.2) is 12.4 Å². The third-order valence-electron chi connectivity index (χ3n) is 12.6. The molecule has 10 nitrogen and oxygen atoms in total. The van der Waals surface area contributed by atoms with Crippen molar-refractivity contribution in [3.05, 3.63) is 47.7 Å². The van der Waals surface area contributed by atoms with Crippen LogP contribution in [0.3, 0.4) is 0 Å². The van der Waals surface area contributed by atoms with Crippen LogP contribution in [0.5, 0.6) is 5.75 Å². The van der Waals surface area contributed by atoms with Crippen LogP contribution < -0.4 is 14.5 Å². The van der Waals surface area contributed by atoms with Crippen LogP contribution >= 0.6 is 0 Å². The third kappa shape index (κ3) is 6.08. The van der Waals surface area contributed by atoms with E-state index in [1.165, 1.54) is 12.5 Å². The molecule has 6 heterocycles. The molecule has 4 aromatic rings. The number of H-pyrrole nitrogens is 1. The van der Waals surface area contributed by atoms with Gasteiger partial charge >= 0.3 is 6.18 Å². The average molecular weight is 729 g/mol. The topological polar surface area (TPSA) is 93.7 Å². The highest BCUT2D eigenvalue weighted by molar-refractivity contribution is 6.06. The summed E-state index contributed by atoms with van der Waals surface area (Å²) in [5, 5.41) is 8.99. The van der Waals surface area contributed by atoms with Crippen molar-refractivity contribution in [1.29, 1.82) is 0 Å². The number of ether oxygens (including phenoxy) is 1. The van der Waals surface area contributed by atoms with E-state index < -0.39 is 12.8 Å². The Morgan fingerprint density at radius 1 is 1.02 bits per heavy atom. The summed E-state index contributed by atoms with van der Waals surface area (Å²) in [6, 6.07) is 4.58. The van der Waals surface area contributed by atoms with Crippen molar-refractivity contribution in [3.63, 3.8) is 0 Å².